The molecule has 1 aromatic heterocycles. The highest BCUT2D eigenvalue weighted by atomic mass is 32.1. The smallest absolute Gasteiger partial charge is 0.0911 e. The lowest BCUT2D eigenvalue weighted by Gasteiger charge is -2.26. The average Bonchev–Trinajstić information content (AvgIpc) is 2.70. The molecule has 1 N–H and O–H groups in total. The molecule has 18 heavy (non-hydrogen) atoms. The maximum atomic E-state index is 10.5. The normalized spacial score (nSPS) is 23.4. The number of hydrogen-bond acceptors (Lipinski definition) is 3. The number of ether oxygens (including phenoxy) is 1. The largest absolute Gasteiger partial charge is 0.387 e. The van der Waals surface area contributed by atoms with Gasteiger partial charge >= 0.3 is 0 Å². The number of hydrogen-bond donors (Lipinski definition) is 1. The minimum Gasteiger partial charge on any atom is -0.387 e. The van der Waals surface area contributed by atoms with Crippen LogP contribution in [0.1, 0.15) is 53.5 Å². The molecule has 1 unspecified atom stereocenters. The Balaban J connectivity index is 1.75. The Bertz CT molecular complexity index is 370. The van der Waals surface area contributed by atoms with Crippen LogP contribution >= 0.6 is 11.3 Å². The minimum atomic E-state index is -0.258. The van der Waals surface area contributed by atoms with Crippen LogP contribution in [0.2, 0.25) is 0 Å². The fraction of sp³-hybridized carbons (Fsp3) is 0.733. The van der Waals surface area contributed by atoms with E-state index in [9.17, 15) is 5.11 Å². The van der Waals surface area contributed by atoms with Crippen molar-refractivity contribution in [3.63, 3.8) is 0 Å². The van der Waals surface area contributed by atoms with E-state index in [0.717, 1.165) is 26.1 Å². The van der Waals surface area contributed by atoms with Crippen molar-refractivity contribution in [2.24, 2.45) is 5.92 Å². The van der Waals surface area contributed by atoms with Crippen LogP contribution in [0.3, 0.4) is 0 Å². The first kappa shape index (κ1) is 12.6. The summed E-state index contributed by atoms with van der Waals surface area (Å²) >= 11 is 1.86. The first-order chi connectivity index (χ1) is 8.84. The third kappa shape index (κ3) is 2.63. The molecule has 100 valence electrons. The SMILES string of the molecule is OC(c1cc2c(s1)CCCCC2)C1CCOCC1. The van der Waals surface area contributed by atoms with Gasteiger partial charge in [-0.25, -0.2) is 0 Å². The Hall–Kier alpha value is -0.380. The highest BCUT2D eigenvalue weighted by Gasteiger charge is 2.26. The van der Waals surface area contributed by atoms with Gasteiger partial charge < -0.3 is 9.84 Å². The molecule has 1 saturated heterocycles. The van der Waals surface area contributed by atoms with Gasteiger partial charge in [0.15, 0.2) is 0 Å². The number of thiophene rings is 1. The second kappa shape index (κ2) is 5.72. The predicted molar refractivity (Wildman–Crippen MR) is 74.1 cm³/mol. The van der Waals surface area contributed by atoms with E-state index in [1.807, 2.05) is 11.3 Å². The van der Waals surface area contributed by atoms with Crippen LogP contribution in [0.4, 0.5) is 0 Å². The van der Waals surface area contributed by atoms with E-state index in [2.05, 4.69) is 6.07 Å². The van der Waals surface area contributed by atoms with Crippen molar-refractivity contribution < 1.29 is 9.84 Å². The number of rotatable bonds is 2. The number of fused-ring (bicyclic) bond motifs is 1. The van der Waals surface area contributed by atoms with Crippen molar-refractivity contribution in [1.29, 1.82) is 0 Å². The van der Waals surface area contributed by atoms with E-state index in [-0.39, 0.29) is 6.10 Å². The second-order valence-corrected chi connectivity index (χ2v) is 6.72. The Kier molecular flexibility index (Phi) is 4.02. The van der Waals surface area contributed by atoms with Crippen LogP contribution in [0.25, 0.3) is 0 Å². The van der Waals surface area contributed by atoms with Crippen molar-refractivity contribution in [3.05, 3.63) is 21.4 Å². The molecule has 2 heterocycles. The molecule has 0 amide bonds. The van der Waals surface area contributed by atoms with Crippen LogP contribution in [0, 0.1) is 5.92 Å². The Labute approximate surface area is 113 Å². The van der Waals surface area contributed by atoms with Gasteiger partial charge in [0.2, 0.25) is 0 Å². The van der Waals surface area contributed by atoms with Gasteiger partial charge in [-0.2, -0.15) is 0 Å². The van der Waals surface area contributed by atoms with Crippen LogP contribution in [-0.4, -0.2) is 18.3 Å². The van der Waals surface area contributed by atoms with Crippen molar-refractivity contribution >= 4 is 11.3 Å². The topological polar surface area (TPSA) is 29.5 Å². The summed E-state index contributed by atoms with van der Waals surface area (Å²) in [5.41, 5.74) is 1.51. The maximum Gasteiger partial charge on any atom is 0.0911 e. The minimum absolute atomic E-state index is 0.258. The van der Waals surface area contributed by atoms with Crippen molar-refractivity contribution in [3.8, 4) is 0 Å². The van der Waals surface area contributed by atoms with E-state index in [1.165, 1.54) is 47.4 Å². The van der Waals surface area contributed by atoms with Gasteiger partial charge in [0.25, 0.3) is 0 Å². The van der Waals surface area contributed by atoms with Crippen LogP contribution < -0.4 is 0 Å². The molecule has 1 aliphatic carbocycles. The van der Waals surface area contributed by atoms with Crippen molar-refractivity contribution in [1.82, 2.24) is 0 Å². The fourth-order valence-electron chi connectivity index (χ4n) is 3.10. The zero-order valence-electron chi connectivity index (χ0n) is 10.9. The van der Waals surface area contributed by atoms with E-state index in [1.54, 1.807) is 0 Å². The lowest BCUT2D eigenvalue weighted by Crippen LogP contribution is -2.21. The summed E-state index contributed by atoms with van der Waals surface area (Å²) in [6.07, 6.45) is 8.18. The maximum absolute atomic E-state index is 10.5. The average molecular weight is 266 g/mol. The molecular formula is C15H22O2S. The zero-order valence-corrected chi connectivity index (χ0v) is 11.7. The molecule has 0 radical (unpaired) electrons. The molecule has 2 nitrogen and oxygen atoms in total. The molecule has 3 heteroatoms. The molecule has 1 aromatic rings. The van der Waals surface area contributed by atoms with Crippen LogP contribution in [-0.2, 0) is 17.6 Å². The van der Waals surface area contributed by atoms with Gasteiger partial charge in [-0.15, -0.1) is 11.3 Å². The molecule has 0 spiro atoms. The molecule has 1 aliphatic heterocycles. The fourth-order valence-corrected chi connectivity index (χ4v) is 4.44. The Morgan fingerprint density at radius 3 is 2.78 bits per heavy atom. The van der Waals surface area contributed by atoms with Gasteiger partial charge in [-0.3, -0.25) is 0 Å². The van der Waals surface area contributed by atoms with Gasteiger partial charge in [-0.05, 0) is 56.1 Å². The van der Waals surface area contributed by atoms with E-state index in [0.29, 0.717) is 5.92 Å². The monoisotopic (exact) mass is 266 g/mol. The molecule has 3 rings (SSSR count). The lowest BCUT2D eigenvalue weighted by atomic mass is 9.92. The first-order valence-corrected chi connectivity index (χ1v) is 8.03. The van der Waals surface area contributed by atoms with Crippen LogP contribution in [0.5, 0.6) is 0 Å². The molecule has 0 bridgehead atoms. The van der Waals surface area contributed by atoms with Crippen LogP contribution in [0.15, 0.2) is 6.07 Å². The molecular weight excluding hydrogens is 244 g/mol. The zero-order chi connectivity index (χ0) is 12.4. The highest BCUT2D eigenvalue weighted by Crippen LogP contribution is 2.37. The summed E-state index contributed by atoms with van der Waals surface area (Å²) in [5, 5.41) is 10.5. The number of aliphatic hydroxyl groups is 1. The standard InChI is InChI=1S/C15H22O2S/c16-15(11-6-8-17-9-7-11)14-10-12-4-2-1-3-5-13(12)18-14/h10-11,15-16H,1-9H2. The van der Waals surface area contributed by atoms with E-state index in [4.69, 9.17) is 4.74 Å². The van der Waals surface area contributed by atoms with Crippen molar-refractivity contribution in [2.75, 3.05) is 13.2 Å². The van der Waals surface area contributed by atoms with E-state index >= 15 is 0 Å². The summed E-state index contributed by atoms with van der Waals surface area (Å²) in [6.45, 7) is 1.62. The predicted octanol–water partition coefficient (Wildman–Crippen LogP) is 3.48. The third-order valence-electron chi connectivity index (χ3n) is 4.27. The Morgan fingerprint density at radius 1 is 1.17 bits per heavy atom. The summed E-state index contributed by atoms with van der Waals surface area (Å²) in [7, 11) is 0. The molecule has 0 aromatic carbocycles. The lowest BCUT2D eigenvalue weighted by molar-refractivity contribution is 0.00852. The number of aryl methyl sites for hydroxylation is 2. The third-order valence-corrected chi connectivity index (χ3v) is 5.58. The summed E-state index contributed by atoms with van der Waals surface area (Å²) in [6, 6.07) is 2.28. The summed E-state index contributed by atoms with van der Waals surface area (Å²) in [4.78, 5) is 2.74. The van der Waals surface area contributed by atoms with Gasteiger partial charge in [-0.1, -0.05) is 6.42 Å². The van der Waals surface area contributed by atoms with Gasteiger partial charge in [0.1, 0.15) is 0 Å². The quantitative estimate of drug-likeness (QED) is 0.830. The summed E-state index contributed by atoms with van der Waals surface area (Å²) < 4.78 is 5.38. The second-order valence-electron chi connectivity index (χ2n) is 5.55. The van der Waals surface area contributed by atoms with Gasteiger partial charge in [0.05, 0.1) is 6.10 Å². The first-order valence-electron chi connectivity index (χ1n) is 7.22. The van der Waals surface area contributed by atoms with Gasteiger partial charge in [0, 0.05) is 23.0 Å². The molecule has 2 aliphatic rings. The number of aliphatic hydroxyl groups excluding tert-OH is 1. The highest BCUT2D eigenvalue weighted by molar-refractivity contribution is 7.12. The molecule has 1 fully saturated rings. The summed E-state index contributed by atoms with van der Waals surface area (Å²) in [5.74, 6) is 0.404. The molecule has 0 saturated carbocycles. The Morgan fingerprint density at radius 2 is 1.94 bits per heavy atom. The molecule has 1 atom stereocenters. The van der Waals surface area contributed by atoms with Crippen molar-refractivity contribution in [2.45, 2.75) is 51.0 Å². The van der Waals surface area contributed by atoms with E-state index < -0.39 is 0 Å².